The molecule has 8 unspecified atom stereocenters. The Labute approximate surface area is 239 Å². The highest BCUT2D eigenvalue weighted by Gasteiger charge is 2.72. The minimum absolute atomic E-state index is 0.151. The summed E-state index contributed by atoms with van der Waals surface area (Å²) in [5.74, 6) is -14.4. The molecule has 0 bridgehead atoms. The minimum Gasteiger partial charge on any atom is -0.505 e. The van der Waals surface area contributed by atoms with Crippen LogP contribution in [0.4, 0.5) is 16.2 Å². The quantitative estimate of drug-likeness (QED) is 0.211. The smallest absolute Gasteiger partial charge is 0.323 e. The normalized spacial score (nSPS) is 32.1. The van der Waals surface area contributed by atoms with Crippen LogP contribution in [0.2, 0.25) is 0 Å². The Hall–Kier alpha value is -4.46. The monoisotopic (exact) mass is 578 g/mol. The third-order valence-electron chi connectivity index (χ3n) is 8.77. The lowest BCUT2D eigenvalue weighted by Crippen LogP contribution is -2.77. The number of Topliss-reactive ketones (excluding diaryl/α,β-unsaturated/α-hetero) is 4. The highest BCUT2D eigenvalue weighted by molar-refractivity contribution is 6.32. The van der Waals surface area contributed by atoms with E-state index in [9.17, 15) is 44.1 Å². The van der Waals surface area contributed by atoms with Gasteiger partial charge in [-0.15, -0.1) is 0 Å². The first kappa shape index (κ1) is 29.0. The lowest BCUT2D eigenvalue weighted by molar-refractivity contribution is -0.196. The summed E-state index contributed by atoms with van der Waals surface area (Å²) in [6, 6.07) is 9.10. The molecule has 2 aromatic carbocycles. The third-order valence-corrected chi connectivity index (χ3v) is 8.77. The van der Waals surface area contributed by atoms with E-state index in [0.29, 0.717) is 5.69 Å². The summed E-state index contributed by atoms with van der Waals surface area (Å²) in [6.07, 6.45) is -1.73. The molecule has 2 saturated carbocycles. The number of benzene rings is 2. The van der Waals surface area contributed by atoms with E-state index < -0.39 is 88.2 Å². The Bertz CT molecular complexity index is 1540. The Kier molecular flexibility index (Phi) is 7.00. The number of para-hydroxylation sites is 1. The number of aliphatic hydroxyl groups excluding tert-OH is 1. The van der Waals surface area contributed by atoms with Gasteiger partial charge in [0.25, 0.3) is 0 Å². The van der Waals surface area contributed by atoms with E-state index in [2.05, 4.69) is 10.6 Å². The van der Waals surface area contributed by atoms with Gasteiger partial charge in [-0.2, -0.15) is 0 Å². The van der Waals surface area contributed by atoms with Crippen LogP contribution in [0.1, 0.15) is 28.8 Å². The van der Waals surface area contributed by atoms with Gasteiger partial charge in [0.1, 0.15) is 5.75 Å². The van der Waals surface area contributed by atoms with Gasteiger partial charge in [-0.25, -0.2) is 4.79 Å². The van der Waals surface area contributed by atoms with Crippen LogP contribution >= 0.6 is 0 Å². The van der Waals surface area contributed by atoms with Crippen molar-refractivity contribution in [3.05, 3.63) is 53.6 Å². The van der Waals surface area contributed by atoms with Gasteiger partial charge in [0.15, 0.2) is 34.7 Å². The number of nitrogens with zero attached hydrogens (tertiary/aromatic N) is 1. The van der Waals surface area contributed by atoms with E-state index in [1.165, 1.54) is 31.1 Å². The fourth-order valence-electron chi connectivity index (χ4n) is 6.90. The summed E-state index contributed by atoms with van der Waals surface area (Å²) in [7, 11) is 2.84. The average Bonchev–Trinajstić information content (AvgIpc) is 2.92. The lowest BCUT2D eigenvalue weighted by Gasteiger charge is -2.56. The number of urea groups is 1. The van der Waals surface area contributed by atoms with Gasteiger partial charge in [-0.05, 0) is 43.8 Å². The zero-order valence-corrected chi connectivity index (χ0v) is 22.9. The molecule has 220 valence electrons. The molecule has 0 saturated heterocycles. The van der Waals surface area contributed by atoms with Crippen LogP contribution in [0, 0.1) is 23.7 Å². The second-order valence-corrected chi connectivity index (χ2v) is 11.2. The molecule has 2 aromatic rings. The van der Waals surface area contributed by atoms with Crippen molar-refractivity contribution in [2.75, 3.05) is 24.7 Å². The number of amides is 3. The molecule has 3 amide bonds. The second kappa shape index (κ2) is 10.1. The average molecular weight is 579 g/mol. The molecule has 13 heteroatoms. The maximum atomic E-state index is 14.0. The van der Waals surface area contributed by atoms with Crippen molar-refractivity contribution >= 4 is 46.4 Å². The van der Waals surface area contributed by atoms with Gasteiger partial charge >= 0.3 is 6.03 Å². The molecule has 2 fully saturated rings. The number of aliphatic hydroxyl groups is 2. The maximum Gasteiger partial charge on any atom is 0.323 e. The molecule has 0 aliphatic heterocycles. The van der Waals surface area contributed by atoms with E-state index in [0.717, 1.165) is 0 Å². The summed E-state index contributed by atoms with van der Waals surface area (Å²) in [5, 5.41) is 39.5. The highest BCUT2D eigenvalue weighted by atomic mass is 16.3. The molecule has 0 radical (unpaired) electrons. The van der Waals surface area contributed by atoms with E-state index in [1.807, 2.05) is 0 Å². The number of rotatable bonds is 4. The van der Waals surface area contributed by atoms with Gasteiger partial charge in [0.2, 0.25) is 5.91 Å². The molecule has 7 N–H and O–H groups in total. The second-order valence-electron chi connectivity index (χ2n) is 11.2. The Morgan fingerprint density at radius 3 is 2.21 bits per heavy atom. The van der Waals surface area contributed by atoms with Gasteiger partial charge in [0.05, 0.1) is 35.2 Å². The fraction of sp³-hybridized carbons (Fsp3) is 0.379. The molecule has 42 heavy (non-hydrogen) atoms. The third kappa shape index (κ3) is 4.03. The molecule has 13 nitrogen and oxygen atoms in total. The highest BCUT2D eigenvalue weighted by Crippen LogP contribution is 2.55. The summed E-state index contributed by atoms with van der Waals surface area (Å²) in [4.78, 5) is 80.5. The summed E-state index contributed by atoms with van der Waals surface area (Å²) in [5.41, 5.74) is 2.48. The van der Waals surface area contributed by atoms with Crippen molar-refractivity contribution in [3.63, 3.8) is 0 Å². The van der Waals surface area contributed by atoms with Crippen LogP contribution in [0.25, 0.3) is 0 Å². The van der Waals surface area contributed by atoms with Crippen molar-refractivity contribution in [1.82, 2.24) is 4.90 Å². The largest absolute Gasteiger partial charge is 0.505 e. The molecule has 0 heterocycles. The summed E-state index contributed by atoms with van der Waals surface area (Å²) in [6.45, 7) is 1.60. The predicted molar refractivity (Wildman–Crippen MR) is 147 cm³/mol. The Balaban J connectivity index is 1.57. The zero-order valence-electron chi connectivity index (χ0n) is 22.9. The Morgan fingerprint density at radius 1 is 0.976 bits per heavy atom. The van der Waals surface area contributed by atoms with Crippen LogP contribution in [-0.4, -0.2) is 87.1 Å². The molecule has 5 rings (SSSR count). The molecule has 0 spiro atoms. The number of carbonyl (C=O) groups is 6. The van der Waals surface area contributed by atoms with Gasteiger partial charge in [-0.3, -0.25) is 28.9 Å². The molecule has 0 aromatic heterocycles. The number of carbonyl (C=O) groups excluding carboxylic acids is 6. The number of ketones is 4. The first-order valence-corrected chi connectivity index (χ1v) is 13.2. The molecule has 3 aliphatic rings. The minimum atomic E-state index is -3.09. The van der Waals surface area contributed by atoms with Crippen LogP contribution in [-0.2, 0) is 19.2 Å². The number of anilines is 2. The van der Waals surface area contributed by atoms with E-state index in [1.54, 1.807) is 37.3 Å². The molecule has 3 aliphatic carbocycles. The van der Waals surface area contributed by atoms with E-state index >= 15 is 0 Å². The van der Waals surface area contributed by atoms with Crippen LogP contribution in [0.3, 0.4) is 0 Å². The number of aromatic hydroxyl groups is 1. The number of primary amides is 1. The first-order valence-electron chi connectivity index (χ1n) is 13.2. The fourth-order valence-corrected chi connectivity index (χ4v) is 6.90. The lowest BCUT2D eigenvalue weighted by atomic mass is 9.49. The Morgan fingerprint density at radius 2 is 1.62 bits per heavy atom. The van der Waals surface area contributed by atoms with Crippen LogP contribution < -0.4 is 16.4 Å². The standard InChI is InChI=1S/C29H30N4O9/c1-11-13-9-10-14(32-28(41)31-12-7-5-4-6-8-12)21(34)16(13)22(35)17-15(11)23(36)19-20(33(2)3)24(37)18(27(30)40)26(39)29(19,42)25(17)38/h4-11,15,17-20,23,34,36,42H,1-3H3,(H2,30,40)(H2,31,32,41). The number of hydrogen-bond donors (Lipinski definition) is 6. The number of fused-ring (bicyclic) bond motifs is 3. The maximum absolute atomic E-state index is 14.0. The van der Waals surface area contributed by atoms with E-state index in [4.69, 9.17) is 5.73 Å². The van der Waals surface area contributed by atoms with Gasteiger partial charge < -0.3 is 31.7 Å². The van der Waals surface area contributed by atoms with Crippen molar-refractivity contribution < 1.29 is 44.1 Å². The van der Waals surface area contributed by atoms with Crippen molar-refractivity contribution in [2.24, 2.45) is 29.4 Å². The number of likely N-dealkylation sites (N-methyl/N-ethyl adjacent to an activating group) is 1. The van der Waals surface area contributed by atoms with Crippen LogP contribution in [0.15, 0.2) is 42.5 Å². The molecule has 8 atom stereocenters. The SMILES string of the molecule is CC1c2ccc(NC(=O)Nc3ccccc3)c(O)c2C(=O)C2C(=O)C3(O)C(=O)C(C(N)=O)C(=O)C(N(C)C)C3C(O)C21. The van der Waals surface area contributed by atoms with E-state index in [-0.39, 0.29) is 16.8 Å². The number of phenols is 1. The predicted octanol–water partition coefficient (Wildman–Crippen LogP) is 0.0428. The molecular weight excluding hydrogens is 548 g/mol. The molecular formula is C29H30N4O9. The van der Waals surface area contributed by atoms with Crippen LogP contribution in [0.5, 0.6) is 5.75 Å². The number of nitrogens with two attached hydrogens (primary N) is 1. The summed E-state index contributed by atoms with van der Waals surface area (Å²) < 4.78 is 0. The first-order chi connectivity index (χ1) is 19.7. The summed E-state index contributed by atoms with van der Waals surface area (Å²) >= 11 is 0. The number of phenolic OH excluding ortho intramolecular Hbond substituents is 1. The van der Waals surface area contributed by atoms with Crippen molar-refractivity contribution in [2.45, 2.75) is 30.6 Å². The van der Waals surface area contributed by atoms with Gasteiger partial charge in [-0.1, -0.05) is 31.2 Å². The zero-order chi connectivity index (χ0) is 30.8. The van der Waals surface area contributed by atoms with Crippen molar-refractivity contribution in [3.8, 4) is 5.75 Å². The number of nitrogens with one attached hydrogen (secondary N) is 2. The van der Waals surface area contributed by atoms with Gasteiger partial charge in [0, 0.05) is 11.6 Å². The topological polar surface area (TPSA) is 216 Å². The number of hydrogen-bond acceptors (Lipinski definition) is 10. The van der Waals surface area contributed by atoms with Crippen molar-refractivity contribution in [1.29, 1.82) is 0 Å².